The van der Waals surface area contributed by atoms with Crippen LogP contribution in [0.25, 0.3) is 10.9 Å². The van der Waals surface area contributed by atoms with Crippen molar-refractivity contribution in [2.45, 2.75) is 0 Å². The Morgan fingerprint density at radius 1 is 1.26 bits per heavy atom. The number of nitrogens with zero attached hydrogens (tertiary/aromatic N) is 3. The third-order valence-electron chi connectivity index (χ3n) is 3.32. The average molecular weight is 317 g/mol. The van der Waals surface area contributed by atoms with Crippen LogP contribution in [-0.2, 0) is 0 Å². The van der Waals surface area contributed by atoms with E-state index in [2.05, 4.69) is 37.2 Å². The van der Waals surface area contributed by atoms with Crippen molar-refractivity contribution in [2.24, 2.45) is 0 Å². The first kappa shape index (κ1) is 12.4. The molecule has 1 aliphatic heterocycles. The van der Waals surface area contributed by atoms with Crippen LogP contribution in [0.15, 0.2) is 28.7 Å². The quantitative estimate of drug-likeness (QED) is 0.877. The Hall–Kier alpha value is -1.64. The van der Waals surface area contributed by atoms with Crippen molar-refractivity contribution in [3.8, 4) is 6.07 Å². The van der Waals surface area contributed by atoms with Gasteiger partial charge in [-0.15, -0.1) is 0 Å². The molecule has 5 heteroatoms. The highest BCUT2D eigenvalue weighted by Gasteiger charge is 2.14. The summed E-state index contributed by atoms with van der Waals surface area (Å²) in [5.74, 6) is 0.896. The summed E-state index contributed by atoms with van der Waals surface area (Å²) in [4.78, 5) is 6.90. The highest BCUT2D eigenvalue weighted by molar-refractivity contribution is 9.10. The molecule has 0 atom stereocenters. The monoisotopic (exact) mass is 316 g/mol. The van der Waals surface area contributed by atoms with Gasteiger partial charge in [-0.2, -0.15) is 5.26 Å². The zero-order valence-electron chi connectivity index (χ0n) is 10.4. The lowest BCUT2D eigenvalue weighted by atomic mass is 10.1. The maximum absolute atomic E-state index is 9.33. The number of benzene rings is 1. The van der Waals surface area contributed by atoms with Crippen LogP contribution >= 0.6 is 15.9 Å². The molecular formula is C14H13BrN4. The molecule has 0 bridgehead atoms. The van der Waals surface area contributed by atoms with Crippen LogP contribution in [0.2, 0.25) is 0 Å². The number of aromatic nitrogens is 1. The van der Waals surface area contributed by atoms with Crippen molar-refractivity contribution in [3.63, 3.8) is 0 Å². The third-order valence-corrected chi connectivity index (χ3v) is 3.81. The maximum atomic E-state index is 9.33. The molecule has 96 valence electrons. The van der Waals surface area contributed by atoms with Gasteiger partial charge in [0.15, 0.2) is 0 Å². The Morgan fingerprint density at radius 3 is 2.79 bits per heavy atom. The van der Waals surface area contributed by atoms with E-state index in [-0.39, 0.29) is 0 Å². The normalized spacial score (nSPS) is 15.5. The Balaban J connectivity index is 2.12. The maximum Gasteiger partial charge on any atom is 0.130 e. The van der Waals surface area contributed by atoms with Gasteiger partial charge in [0, 0.05) is 36.0 Å². The van der Waals surface area contributed by atoms with Crippen molar-refractivity contribution >= 4 is 32.7 Å². The molecule has 0 amide bonds. The Bertz CT molecular complexity index is 656. The summed E-state index contributed by atoms with van der Waals surface area (Å²) in [5.41, 5.74) is 1.55. The van der Waals surface area contributed by atoms with Crippen LogP contribution in [-0.4, -0.2) is 31.2 Å². The number of hydrogen-bond acceptors (Lipinski definition) is 4. The largest absolute Gasteiger partial charge is 0.354 e. The van der Waals surface area contributed by atoms with Crippen molar-refractivity contribution in [2.75, 3.05) is 31.1 Å². The summed E-state index contributed by atoms with van der Waals surface area (Å²) in [6.07, 6.45) is 0. The minimum Gasteiger partial charge on any atom is -0.354 e. The summed E-state index contributed by atoms with van der Waals surface area (Å²) in [7, 11) is 0. The van der Waals surface area contributed by atoms with Gasteiger partial charge in [-0.1, -0.05) is 15.9 Å². The standard InChI is InChI=1S/C14H13BrN4/c15-11-1-2-13-12(8-11)10(9-16)7-14(18-13)19-5-3-17-4-6-19/h1-2,7-8,17H,3-6H2. The zero-order chi connectivity index (χ0) is 13.2. The summed E-state index contributed by atoms with van der Waals surface area (Å²) < 4.78 is 0.966. The van der Waals surface area contributed by atoms with E-state index in [9.17, 15) is 5.26 Å². The van der Waals surface area contributed by atoms with E-state index in [1.165, 1.54) is 0 Å². The molecule has 0 unspecified atom stereocenters. The van der Waals surface area contributed by atoms with E-state index in [0.717, 1.165) is 47.4 Å². The van der Waals surface area contributed by atoms with Crippen LogP contribution in [0.5, 0.6) is 0 Å². The Labute approximate surface area is 120 Å². The van der Waals surface area contributed by atoms with Gasteiger partial charge in [0.2, 0.25) is 0 Å². The molecular weight excluding hydrogens is 304 g/mol. The summed E-state index contributed by atoms with van der Waals surface area (Å²) >= 11 is 3.44. The van der Waals surface area contributed by atoms with Gasteiger partial charge in [-0.05, 0) is 24.3 Å². The van der Waals surface area contributed by atoms with Crippen molar-refractivity contribution < 1.29 is 0 Å². The van der Waals surface area contributed by atoms with Gasteiger partial charge >= 0.3 is 0 Å². The predicted molar refractivity (Wildman–Crippen MR) is 79.2 cm³/mol. The Kier molecular flexibility index (Phi) is 3.36. The van der Waals surface area contributed by atoms with E-state index in [1.807, 2.05) is 24.3 Å². The number of halogens is 1. The Morgan fingerprint density at radius 2 is 2.05 bits per heavy atom. The molecule has 1 aromatic heterocycles. The number of anilines is 1. The summed E-state index contributed by atoms with van der Waals surface area (Å²) in [5, 5.41) is 13.5. The minimum atomic E-state index is 0.680. The molecule has 19 heavy (non-hydrogen) atoms. The number of fused-ring (bicyclic) bond motifs is 1. The zero-order valence-corrected chi connectivity index (χ0v) is 11.9. The van der Waals surface area contributed by atoms with Crippen molar-refractivity contribution in [1.82, 2.24) is 10.3 Å². The lowest BCUT2D eigenvalue weighted by Crippen LogP contribution is -2.43. The summed E-state index contributed by atoms with van der Waals surface area (Å²) in [6.45, 7) is 3.78. The SMILES string of the molecule is N#Cc1cc(N2CCNCC2)nc2ccc(Br)cc12. The van der Waals surface area contributed by atoms with Crippen LogP contribution in [0, 0.1) is 11.3 Å². The number of rotatable bonds is 1. The number of piperazine rings is 1. The van der Waals surface area contributed by atoms with Gasteiger partial charge in [0.25, 0.3) is 0 Å². The number of pyridine rings is 1. The number of hydrogen-bond donors (Lipinski definition) is 1. The highest BCUT2D eigenvalue weighted by atomic mass is 79.9. The molecule has 1 fully saturated rings. The molecule has 0 spiro atoms. The molecule has 1 N–H and O–H groups in total. The van der Waals surface area contributed by atoms with E-state index in [1.54, 1.807) is 0 Å². The second-order valence-corrected chi connectivity index (χ2v) is 5.45. The first-order valence-corrected chi connectivity index (χ1v) is 7.03. The fraction of sp³-hybridized carbons (Fsp3) is 0.286. The second kappa shape index (κ2) is 5.16. The van der Waals surface area contributed by atoms with Gasteiger partial charge in [-0.25, -0.2) is 4.98 Å². The molecule has 2 heterocycles. The molecule has 1 saturated heterocycles. The molecule has 2 aromatic rings. The fourth-order valence-electron chi connectivity index (χ4n) is 2.33. The lowest BCUT2D eigenvalue weighted by Gasteiger charge is -2.28. The third kappa shape index (κ3) is 2.42. The van der Waals surface area contributed by atoms with E-state index in [0.29, 0.717) is 5.56 Å². The molecule has 1 aliphatic rings. The first-order valence-electron chi connectivity index (χ1n) is 6.24. The molecule has 0 radical (unpaired) electrons. The smallest absolute Gasteiger partial charge is 0.130 e. The van der Waals surface area contributed by atoms with Gasteiger partial charge in [0.05, 0.1) is 17.1 Å². The summed E-state index contributed by atoms with van der Waals surface area (Å²) in [6, 6.07) is 10.0. The molecule has 0 saturated carbocycles. The van der Waals surface area contributed by atoms with Gasteiger partial charge in [0.1, 0.15) is 5.82 Å². The van der Waals surface area contributed by atoms with E-state index < -0.39 is 0 Å². The number of nitrogens with one attached hydrogen (secondary N) is 1. The van der Waals surface area contributed by atoms with E-state index in [4.69, 9.17) is 0 Å². The van der Waals surface area contributed by atoms with Crippen molar-refractivity contribution in [1.29, 1.82) is 5.26 Å². The van der Waals surface area contributed by atoms with Crippen LogP contribution in [0.4, 0.5) is 5.82 Å². The van der Waals surface area contributed by atoms with Crippen LogP contribution < -0.4 is 10.2 Å². The predicted octanol–water partition coefficient (Wildman–Crippen LogP) is 2.28. The molecule has 3 rings (SSSR count). The molecule has 4 nitrogen and oxygen atoms in total. The van der Waals surface area contributed by atoms with Crippen LogP contribution in [0.1, 0.15) is 5.56 Å². The van der Waals surface area contributed by atoms with E-state index >= 15 is 0 Å². The first-order chi connectivity index (χ1) is 9.28. The van der Waals surface area contributed by atoms with Crippen molar-refractivity contribution in [3.05, 3.63) is 34.3 Å². The molecule has 1 aromatic carbocycles. The second-order valence-electron chi connectivity index (χ2n) is 4.54. The van der Waals surface area contributed by atoms with Gasteiger partial charge in [-0.3, -0.25) is 0 Å². The van der Waals surface area contributed by atoms with Gasteiger partial charge < -0.3 is 10.2 Å². The number of nitriles is 1. The fourth-order valence-corrected chi connectivity index (χ4v) is 2.69. The topological polar surface area (TPSA) is 52.0 Å². The highest BCUT2D eigenvalue weighted by Crippen LogP contribution is 2.25. The molecule has 0 aliphatic carbocycles. The van der Waals surface area contributed by atoms with Crippen LogP contribution in [0.3, 0.4) is 0 Å². The lowest BCUT2D eigenvalue weighted by molar-refractivity contribution is 0.585. The average Bonchev–Trinajstić information content (AvgIpc) is 2.47. The minimum absolute atomic E-state index is 0.680.